The van der Waals surface area contributed by atoms with Crippen LogP contribution in [-0.2, 0) is 33.5 Å². The van der Waals surface area contributed by atoms with E-state index in [1.54, 1.807) is 41.5 Å². The Labute approximate surface area is 233 Å². The fourth-order valence-electron chi connectivity index (χ4n) is 3.49. The average molecular weight is 585 g/mol. The minimum atomic E-state index is -0.958. The smallest absolute Gasteiger partial charge is 0.431 e. The number of anilines is 1. The van der Waals surface area contributed by atoms with Crippen LogP contribution in [0.15, 0.2) is 21.8 Å². The van der Waals surface area contributed by atoms with Crippen molar-refractivity contribution in [3.8, 4) is 0 Å². The Morgan fingerprint density at radius 3 is 2.41 bits per heavy atom. The molecule has 214 valence electrons. The molecule has 3 rings (SSSR count). The quantitative estimate of drug-likeness (QED) is 0.174. The number of nitrogens with two attached hydrogens (primary N) is 1. The third-order valence-corrected chi connectivity index (χ3v) is 6.90. The Kier molecular flexibility index (Phi) is 9.12. The predicted molar refractivity (Wildman–Crippen MR) is 143 cm³/mol. The largest absolute Gasteiger partial charge is 0.455 e. The number of oxime groups is 1. The Morgan fingerprint density at radius 1 is 1.18 bits per heavy atom. The number of carbonyl (C=O) groups is 4. The van der Waals surface area contributed by atoms with Crippen LogP contribution < -0.4 is 16.5 Å². The van der Waals surface area contributed by atoms with Crippen molar-refractivity contribution in [3.05, 3.63) is 22.3 Å². The first-order valence-electron chi connectivity index (χ1n) is 11.8. The Balaban J connectivity index is 1.78. The molecule has 2 aliphatic rings. The predicted octanol–water partition coefficient (Wildman–Crippen LogP) is 1.53. The number of nitrogen functional groups attached to an aromatic ring is 1. The molecule has 0 radical (unpaired) electrons. The van der Waals surface area contributed by atoms with Crippen molar-refractivity contribution in [2.45, 2.75) is 64.2 Å². The van der Waals surface area contributed by atoms with E-state index in [9.17, 15) is 19.2 Å². The van der Waals surface area contributed by atoms with Crippen LogP contribution in [0.25, 0.3) is 0 Å². The molecule has 3 amide bonds. The summed E-state index contributed by atoms with van der Waals surface area (Å²) in [5.41, 5.74) is 6.72. The first-order chi connectivity index (χ1) is 18.1. The zero-order valence-corrected chi connectivity index (χ0v) is 24.3. The van der Waals surface area contributed by atoms with E-state index in [2.05, 4.69) is 20.9 Å². The van der Waals surface area contributed by atoms with E-state index < -0.39 is 46.5 Å². The maximum atomic E-state index is 13.2. The number of ether oxygens (including phenoxy) is 2. The molecule has 0 bridgehead atoms. The molecule has 0 spiro atoms. The molecule has 2 aliphatic heterocycles. The van der Waals surface area contributed by atoms with Crippen molar-refractivity contribution < 1.29 is 38.3 Å². The number of amides is 3. The van der Waals surface area contributed by atoms with Gasteiger partial charge in [-0.1, -0.05) is 5.16 Å². The Hall–Kier alpha value is -3.37. The number of fused-ring (bicyclic) bond motifs is 1. The number of β-lactam (4-membered cyclic amide) rings is 1. The normalized spacial score (nSPS) is 19.6. The summed E-state index contributed by atoms with van der Waals surface area (Å²) in [4.78, 5) is 66.7. The van der Waals surface area contributed by atoms with Gasteiger partial charge in [-0.05, 0) is 47.1 Å². The third-order valence-electron chi connectivity index (χ3n) is 4.89. The van der Waals surface area contributed by atoms with Crippen LogP contribution in [0, 0.1) is 0 Å². The van der Waals surface area contributed by atoms with Crippen LogP contribution in [0.2, 0.25) is 0 Å². The molecule has 1 aromatic heterocycles. The molecular weight excluding hydrogens is 552 g/mol. The van der Waals surface area contributed by atoms with Crippen LogP contribution in [0.4, 0.5) is 9.93 Å². The lowest BCUT2D eigenvalue weighted by atomic mass is 10.0. The molecule has 2 atom stereocenters. The number of thioether (sulfide) groups is 1. The molecule has 0 aromatic carbocycles. The molecule has 14 nitrogen and oxygen atoms in total. The summed E-state index contributed by atoms with van der Waals surface area (Å²) in [6.45, 7) is 10.00. The van der Waals surface area contributed by atoms with E-state index >= 15 is 0 Å². The summed E-state index contributed by atoms with van der Waals surface area (Å²) in [7, 11) is 1.27. The van der Waals surface area contributed by atoms with Gasteiger partial charge in [-0.25, -0.2) is 14.6 Å². The van der Waals surface area contributed by atoms with Crippen LogP contribution in [0.1, 0.15) is 47.2 Å². The maximum Gasteiger partial charge on any atom is 0.431 e. The number of thiazole rings is 1. The second-order valence-corrected chi connectivity index (χ2v) is 12.4. The van der Waals surface area contributed by atoms with Crippen molar-refractivity contribution in [2.75, 3.05) is 25.2 Å². The number of hydroxylamine groups is 1. The summed E-state index contributed by atoms with van der Waals surface area (Å²) in [5.74, 6) is -1.71. The van der Waals surface area contributed by atoms with Gasteiger partial charge in [0.1, 0.15) is 41.1 Å². The number of hydrogen-bond donors (Lipinski definition) is 3. The molecule has 3 heterocycles. The van der Waals surface area contributed by atoms with E-state index in [0.29, 0.717) is 5.57 Å². The van der Waals surface area contributed by atoms with Gasteiger partial charge in [0.15, 0.2) is 10.8 Å². The highest BCUT2D eigenvalue weighted by molar-refractivity contribution is 8.00. The molecule has 0 saturated carbocycles. The minimum Gasteiger partial charge on any atom is -0.455 e. The molecule has 1 saturated heterocycles. The van der Waals surface area contributed by atoms with Crippen LogP contribution in [0.5, 0.6) is 0 Å². The summed E-state index contributed by atoms with van der Waals surface area (Å²) in [5, 5.41) is 7.55. The van der Waals surface area contributed by atoms with Crippen molar-refractivity contribution in [1.29, 1.82) is 0 Å². The van der Waals surface area contributed by atoms with Gasteiger partial charge in [0.25, 0.3) is 11.8 Å². The number of nitrogens with one attached hydrogen (secondary N) is 2. The van der Waals surface area contributed by atoms with Crippen molar-refractivity contribution in [2.24, 2.45) is 5.16 Å². The lowest BCUT2D eigenvalue weighted by molar-refractivity contribution is -0.159. The summed E-state index contributed by atoms with van der Waals surface area (Å²) < 4.78 is 10.7. The highest BCUT2D eigenvalue weighted by Crippen LogP contribution is 2.41. The van der Waals surface area contributed by atoms with E-state index in [4.69, 9.17) is 24.9 Å². The van der Waals surface area contributed by atoms with Crippen molar-refractivity contribution in [3.63, 3.8) is 0 Å². The molecule has 16 heteroatoms. The highest BCUT2D eigenvalue weighted by atomic mass is 32.2. The molecule has 1 fully saturated rings. The minimum absolute atomic E-state index is 0.00628. The number of hydrogen-bond acceptors (Lipinski definition) is 13. The van der Waals surface area contributed by atoms with Crippen LogP contribution in [-0.4, -0.2) is 81.6 Å². The van der Waals surface area contributed by atoms with Crippen molar-refractivity contribution >= 4 is 57.8 Å². The first-order valence-corrected chi connectivity index (χ1v) is 13.7. The number of nitrogens with zero attached hydrogens (tertiary/aromatic N) is 3. The lowest BCUT2D eigenvalue weighted by Crippen LogP contribution is -2.71. The maximum absolute atomic E-state index is 13.2. The molecule has 4 N–H and O–H groups in total. The number of carbonyl (C=O) groups excluding carboxylic acids is 4. The first kappa shape index (κ1) is 30.2. The highest BCUT2D eigenvalue weighted by Gasteiger charge is 2.55. The summed E-state index contributed by atoms with van der Waals surface area (Å²) in [6, 6.07) is -0.958. The van der Waals surface area contributed by atoms with E-state index in [1.807, 2.05) is 0 Å². The number of aromatic nitrogens is 1. The van der Waals surface area contributed by atoms with Gasteiger partial charge in [-0.2, -0.15) is 5.48 Å². The number of rotatable bonds is 8. The molecule has 39 heavy (non-hydrogen) atoms. The van der Waals surface area contributed by atoms with Gasteiger partial charge >= 0.3 is 12.1 Å². The fraction of sp³-hybridized carbons (Fsp3) is 0.565. The van der Waals surface area contributed by atoms with E-state index in [1.165, 1.54) is 29.2 Å². The molecule has 1 aromatic rings. The fourth-order valence-corrected chi connectivity index (χ4v) is 5.37. The molecule has 0 unspecified atom stereocenters. The number of esters is 1. The third kappa shape index (κ3) is 7.60. The monoisotopic (exact) mass is 584 g/mol. The average Bonchev–Trinajstić information content (AvgIpc) is 3.23. The van der Waals surface area contributed by atoms with Gasteiger partial charge < -0.3 is 25.4 Å². The second-order valence-electron chi connectivity index (χ2n) is 10.4. The van der Waals surface area contributed by atoms with Gasteiger partial charge in [0.2, 0.25) is 0 Å². The Morgan fingerprint density at radius 2 is 1.85 bits per heavy atom. The summed E-state index contributed by atoms with van der Waals surface area (Å²) in [6.07, 6.45) is -0.804. The van der Waals surface area contributed by atoms with Crippen molar-refractivity contribution in [1.82, 2.24) is 20.7 Å². The second kappa shape index (κ2) is 11.8. The van der Waals surface area contributed by atoms with E-state index in [0.717, 1.165) is 11.3 Å². The van der Waals surface area contributed by atoms with Gasteiger partial charge in [0.05, 0.1) is 6.61 Å². The van der Waals surface area contributed by atoms with Crippen LogP contribution in [0.3, 0.4) is 0 Å². The lowest BCUT2D eigenvalue weighted by Gasteiger charge is -2.49. The zero-order chi connectivity index (χ0) is 29.1. The molecular formula is C23H32N6O8S2. The van der Waals surface area contributed by atoms with Gasteiger partial charge in [-0.15, -0.1) is 23.1 Å². The van der Waals surface area contributed by atoms with Crippen LogP contribution >= 0.6 is 23.1 Å². The topological polar surface area (TPSA) is 184 Å². The van der Waals surface area contributed by atoms with Gasteiger partial charge in [-0.3, -0.25) is 19.3 Å². The van der Waals surface area contributed by atoms with E-state index in [-0.39, 0.29) is 34.6 Å². The molecule has 0 aliphatic carbocycles. The Bertz CT molecular complexity index is 1200. The SMILES string of the molecule is CON=C(C(=O)N[C@@H]1C(=O)N2C(C(=O)OC(C)(C)C)=C(CONC(=O)OC(C)(C)C)CS[C@H]12)c1csc(N)n1. The summed E-state index contributed by atoms with van der Waals surface area (Å²) >= 11 is 2.42. The zero-order valence-electron chi connectivity index (χ0n) is 22.6. The standard InChI is InChI=1S/C23H32N6O8S2/c1-22(2,3)36-19(32)15-11(8-35-28-21(33)37-23(4,5)6)9-38-18-14(17(31)29(15)18)26-16(30)13(27-34-7)12-10-39-20(24)25-12/h10,14,18H,8-9H2,1-7H3,(H2,24,25)(H,26,30)(H,28,33)/t14-,18-/m1/s1. The van der Waals surface area contributed by atoms with Gasteiger partial charge in [0, 0.05) is 11.1 Å².